The fraction of sp³-hybridized carbons (Fsp3) is 0.211. The van der Waals surface area contributed by atoms with Gasteiger partial charge in [-0.2, -0.15) is 0 Å². The van der Waals surface area contributed by atoms with Gasteiger partial charge in [0.1, 0.15) is 6.29 Å². The van der Waals surface area contributed by atoms with Crippen molar-refractivity contribution in [2.45, 2.75) is 19.8 Å². The van der Waals surface area contributed by atoms with Crippen molar-refractivity contribution < 1.29 is 4.79 Å². The number of benzene rings is 2. The molecule has 1 heterocycles. The highest BCUT2D eigenvalue weighted by Crippen LogP contribution is 2.34. The summed E-state index contributed by atoms with van der Waals surface area (Å²) in [5.41, 5.74) is 6.26. The quantitative estimate of drug-likeness (QED) is 0.616. The highest BCUT2D eigenvalue weighted by atomic mass is 16.1. The van der Waals surface area contributed by atoms with Gasteiger partial charge in [-0.25, -0.2) is 0 Å². The van der Waals surface area contributed by atoms with Crippen molar-refractivity contribution in [1.82, 2.24) is 0 Å². The van der Waals surface area contributed by atoms with Crippen LogP contribution >= 0.6 is 0 Å². The minimum Gasteiger partial charge on any atom is -0.341 e. The number of aldehydes is 1. The molecule has 1 aliphatic heterocycles. The minimum atomic E-state index is 0.818. The first-order chi connectivity index (χ1) is 10.3. The van der Waals surface area contributed by atoms with Crippen LogP contribution in [0.1, 0.15) is 23.1 Å². The van der Waals surface area contributed by atoms with Crippen LogP contribution in [0.25, 0.3) is 6.08 Å². The van der Waals surface area contributed by atoms with E-state index in [9.17, 15) is 4.79 Å². The summed E-state index contributed by atoms with van der Waals surface area (Å²) >= 11 is 0. The van der Waals surface area contributed by atoms with Gasteiger partial charge in [0.15, 0.2) is 0 Å². The van der Waals surface area contributed by atoms with Gasteiger partial charge < -0.3 is 4.90 Å². The van der Waals surface area contributed by atoms with E-state index >= 15 is 0 Å². The Morgan fingerprint density at radius 1 is 1.10 bits per heavy atom. The maximum atomic E-state index is 10.4. The van der Waals surface area contributed by atoms with Gasteiger partial charge in [-0.3, -0.25) is 4.79 Å². The number of hydrogen-bond donors (Lipinski definition) is 0. The first-order valence-corrected chi connectivity index (χ1v) is 7.37. The maximum Gasteiger partial charge on any atom is 0.142 e. The van der Waals surface area contributed by atoms with Gasteiger partial charge in [-0.1, -0.05) is 29.8 Å². The largest absolute Gasteiger partial charge is 0.341 e. The zero-order valence-corrected chi connectivity index (χ0v) is 12.3. The molecule has 0 saturated carbocycles. The number of rotatable bonds is 3. The molecule has 0 saturated heterocycles. The highest BCUT2D eigenvalue weighted by Gasteiger charge is 2.18. The predicted molar refractivity (Wildman–Crippen MR) is 88.0 cm³/mol. The third kappa shape index (κ3) is 2.89. The number of carbonyl (C=O) groups excluding carboxylic acids is 1. The summed E-state index contributed by atoms with van der Waals surface area (Å²) in [6, 6.07) is 15.1. The first kappa shape index (κ1) is 13.6. The first-order valence-electron chi connectivity index (χ1n) is 7.37. The lowest BCUT2D eigenvalue weighted by molar-refractivity contribution is -0.104. The molecule has 2 nitrogen and oxygen atoms in total. The summed E-state index contributed by atoms with van der Waals surface area (Å²) in [6.45, 7) is 3.17. The van der Waals surface area contributed by atoms with E-state index < -0.39 is 0 Å². The van der Waals surface area contributed by atoms with E-state index in [0.717, 1.165) is 31.2 Å². The van der Waals surface area contributed by atoms with Crippen LogP contribution in [0.3, 0.4) is 0 Å². The summed E-state index contributed by atoms with van der Waals surface area (Å²) in [7, 11) is 0. The standard InChI is InChI=1S/C19H19NO/c1-15-6-9-18(10-7-15)20-12-2-5-17-14-16(4-3-13-21)8-11-19(17)20/h3-4,6-11,13-14H,2,5,12H2,1H3. The second-order valence-electron chi connectivity index (χ2n) is 5.47. The molecule has 21 heavy (non-hydrogen) atoms. The molecule has 0 amide bonds. The molecule has 3 rings (SSSR count). The van der Waals surface area contributed by atoms with Gasteiger partial charge in [-0.05, 0) is 61.2 Å². The van der Waals surface area contributed by atoms with Crippen molar-refractivity contribution >= 4 is 23.7 Å². The van der Waals surface area contributed by atoms with Crippen LogP contribution in [0.4, 0.5) is 11.4 Å². The van der Waals surface area contributed by atoms with Crippen molar-refractivity contribution in [3.8, 4) is 0 Å². The molecule has 0 N–H and O–H groups in total. The van der Waals surface area contributed by atoms with Crippen molar-refractivity contribution in [2.24, 2.45) is 0 Å². The molecular weight excluding hydrogens is 258 g/mol. The van der Waals surface area contributed by atoms with Crippen molar-refractivity contribution in [3.63, 3.8) is 0 Å². The Morgan fingerprint density at radius 2 is 1.90 bits per heavy atom. The molecule has 2 aromatic carbocycles. The molecular formula is C19H19NO. The Labute approximate surface area is 125 Å². The number of anilines is 2. The van der Waals surface area contributed by atoms with Crippen molar-refractivity contribution in [3.05, 3.63) is 65.2 Å². The number of carbonyl (C=O) groups is 1. The van der Waals surface area contributed by atoms with E-state index in [0.29, 0.717) is 0 Å². The molecule has 2 heteroatoms. The van der Waals surface area contributed by atoms with Crippen LogP contribution < -0.4 is 4.90 Å². The fourth-order valence-electron chi connectivity index (χ4n) is 2.86. The molecule has 0 aromatic heterocycles. The normalized spacial score (nSPS) is 14.2. The lowest BCUT2D eigenvalue weighted by atomic mass is 9.98. The lowest BCUT2D eigenvalue weighted by Crippen LogP contribution is -2.24. The van der Waals surface area contributed by atoms with Gasteiger partial charge in [0.25, 0.3) is 0 Å². The van der Waals surface area contributed by atoms with Crippen LogP contribution in [-0.2, 0) is 11.2 Å². The average molecular weight is 277 g/mol. The van der Waals surface area contributed by atoms with Crippen LogP contribution in [0.5, 0.6) is 0 Å². The van der Waals surface area contributed by atoms with E-state index in [-0.39, 0.29) is 0 Å². The summed E-state index contributed by atoms with van der Waals surface area (Å²) in [5, 5.41) is 0. The van der Waals surface area contributed by atoms with Gasteiger partial charge in [-0.15, -0.1) is 0 Å². The number of hydrogen-bond acceptors (Lipinski definition) is 2. The van der Waals surface area contributed by atoms with E-state index in [1.165, 1.54) is 22.5 Å². The minimum absolute atomic E-state index is 0.818. The van der Waals surface area contributed by atoms with Gasteiger partial charge >= 0.3 is 0 Å². The molecule has 2 aromatic rings. The van der Waals surface area contributed by atoms with Crippen LogP contribution in [0, 0.1) is 6.92 Å². The molecule has 0 bridgehead atoms. The lowest BCUT2D eigenvalue weighted by Gasteiger charge is -2.31. The highest BCUT2D eigenvalue weighted by molar-refractivity contribution is 5.76. The van der Waals surface area contributed by atoms with Gasteiger partial charge in [0.05, 0.1) is 0 Å². The molecule has 0 unspecified atom stereocenters. The smallest absolute Gasteiger partial charge is 0.142 e. The summed E-state index contributed by atoms with van der Waals surface area (Å²) in [4.78, 5) is 12.8. The second-order valence-corrected chi connectivity index (χ2v) is 5.47. The molecule has 0 fully saturated rings. The average Bonchev–Trinajstić information content (AvgIpc) is 2.53. The molecule has 106 valence electrons. The fourth-order valence-corrected chi connectivity index (χ4v) is 2.86. The van der Waals surface area contributed by atoms with Gasteiger partial charge in [0, 0.05) is 17.9 Å². The molecule has 0 spiro atoms. The van der Waals surface area contributed by atoms with E-state index in [2.05, 4.69) is 54.3 Å². The Balaban J connectivity index is 1.96. The zero-order chi connectivity index (χ0) is 14.7. The molecule has 0 atom stereocenters. The van der Waals surface area contributed by atoms with Crippen LogP contribution in [0.2, 0.25) is 0 Å². The summed E-state index contributed by atoms with van der Waals surface area (Å²) in [6.07, 6.45) is 6.47. The number of aryl methyl sites for hydroxylation is 2. The van der Waals surface area contributed by atoms with Crippen LogP contribution in [0.15, 0.2) is 48.5 Å². The summed E-state index contributed by atoms with van der Waals surface area (Å²) in [5.74, 6) is 0. The van der Waals surface area contributed by atoms with Gasteiger partial charge in [0.2, 0.25) is 0 Å². The summed E-state index contributed by atoms with van der Waals surface area (Å²) < 4.78 is 0. The Bertz CT molecular complexity index is 670. The Hall–Kier alpha value is -2.35. The third-order valence-electron chi connectivity index (χ3n) is 3.94. The van der Waals surface area contributed by atoms with E-state index in [1.807, 2.05) is 6.08 Å². The molecule has 1 aliphatic rings. The van der Waals surface area contributed by atoms with Crippen molar-refractivity contribution in [1.29, 1.82) is 0 Å². The van der Waals surface area contributed by atoms with E-state index in [1.54, 1.807) is 6.08 Å². The third-order valence-corrected chi connectivity index (χ3v) is 3.94. The maximum absolute atomic E-state index is 10.4. The number of fused-ring (bicyclic) bond motifs is 1. The Kier molecular flexibility index (Phi) is 3.87. The number of allylic oxidation sites excluding steroid dienone is 1. The van der Waals surface area contributed by atoms with E-state index in [4.69, 9.17) is 0 Å². The van der Waals surface area contributed by atoms with Crippen LogP contribution in [-0.4, -0.2) is 12.8 Å². The monoisotopic (exact) mass is 277 g/mol. The SMILES string of the molecule is Cc1ccc(N2CCCc3cc(C=CC=O)ccc32)cc1. The zero-order valence-electron chi connectivity index (χ0n) is 12.3. The second kappa shape index (κ2) is 5.96. The van der Waals surface area contributed by atoms with Crippen molar-refractivity contribution in [2.75, 3.05) is 11.4 Å². The predicted octanol–water partition coefficient (Wildman–Crippen LogP) is 4.29. The number of nitrogens with zero attached hydrogens (tertiary/aromatic N) is 1. The molecule has 0 radical (unpaired) electrons. The topological polar surface area (TPSA) is 20.3 Å². The molecule has 0 aliphatic carbocycles. The Morgan fingerprint density at radius 3 is 2.67 bits per heavy atom.